The molecule has 1 aromatic heterocycles. The molecule has 2 N–H and O–H groups in total. The summed E-state index contributed by atoms with van der Waals surface area (Å²) in [6.07, 6.45) is 0. The number of halogens is 1. The minimum atomic E-state index is -0.322. The Kier molecular flexibility index (Phi) is 7.16. The van der Waals surface area contributed by atoms with Gasteiger partial charge < -0.3 is 14.5 Å². The Morgan fingerprint density at radius 1 is 1.00 bits per heavy atom. The van der Waals surface area contributed by atoms with Crippen LogP contribution in [0.25, 0.3) is 22.6 Å². The minimum absolute atomic E-state index is 0.180. The third kappa shape index (κ3) is 5.80. The number of benzene rings is 4. The molecular formula is C29H22ClN3O3S. The summed E-state index contributed by atoms with van der Waals surface area (Å²) in [6.45, 7) is 2.38. The van der Waals surface area contributed by atoms with Gasteiger partial charge in [0.25, 0.3) is 5.91 Å². The number of carbonyl (C=O) groups is 1. The van der Waals surface area contributed by atoms with Crippen LogP contribution in [0.15, 0.2) is 95.4 Å². The summed E-state index contributed by atoms with van der Waals surface area (Å²) < 4.78 is 11.7. The maximum Gasteiger partial charge on any atom is 0.257 e. The molecular weight excluding hydrogens is 506 g/mol. The second-order valence-corrected chi connectivity index (χ2v) is 9.16. The van der Waals surface area contributed by atoms with Crippen molar-refractivity contribution >= 4 is 51.6 Å². The van der Waals surface area contributed by atoms with Crippen LogP contribution >= 0.6 is 23.8 Å². The van der Waals surface area contributed by atoms with Gasteiger partial charge in [-0.3, -0.25) is 10.1 Å². The number of anilines is 1. The topological polar surface area (TPSA) is 76.4 Å². The minimum Gasteiger partial charge on any atom is -0.489 e. The van der Waals surface area contributed by atoms with E-state index in [2.05, 4.69) is 15.6 Å². The van der Waals surface area contributed by atoms with Crippen LogP contribution in [0.5, 0.6) is 5.75 Å². The quantitative estimate of drug-likeness (QED) is 0.228. The number of thiocarbonyl (C=S) groups is 1. The molecule has 0 unspecified atom stereocenters. The lowest BCUT2D eigenvalue weighted by Crippen LogP contribution is -2.34. The molecule has 1 heterocycles. The highest BCUT2D eigenvalue weighted by Crippen LogP contribution is 2.31. The van der Waals surface area contributed by atoms with Crippen molar-refractivity contribution in [1.82, 2.24) is 10.3 Å². The molecule has 37 heavy (non-hydrogen) atoms. The molecule has 0 fully saturated rings. The van der Waals surface area contributed by atoms with E-state index in [1.165, 1.54) is 0 Å². The largest absolute Gasteiger partial charge is 0.489 e. The molecule has 0 atom stereocenters. The van der Waals surface area contributed by atoms with Gasteiger partial charge in [-0.15, -0.1) is 0 Å². The molecule has 5 aromatic rings. The van der Waals surface area contributed by atoms with Crippen LogP contribution in [0.3, 0.4) is 0 Å². The maximum atomic E-state index is 12.7. The third-order valence-electron chi connectivity index (χ3n) is 5.75. The van der Waals surface area contributed by atoms with Gasteiger partial charge in [-0.05, 0) is 84.9 Å². The Balaban J connectivity index is 1.22. The molecule has 1 amide bonds. The van der Waals surface area contributed by atoms with Crippen LogP contribution in [0.2, 0.25) is 5.02 Å². The normalized spacial score (nSPS) is 10.8. The van der Waals surface area contributed by atoms with E-state index < -0.39 is 0 Å². The second-order valence-electron chi connectivity index (χ2n) is 8.32. The monoisotopic (exact) mass is 527 g/mol. The lowest BCUT2D eigenvalue weighted by molar-refractivity contribution is 0.0977. The van der Waals surface area contributed by atoms with Gasteiger partial charge in [0.05, 0.1) is 0 Å². The highest BCUT2D eigenvalue weighted by atomic mass is 35.5. The average Bonchev–Trinajstić information content (AvgIpc) is 3.32. The molecule has 0 aliphatic rings. The van der Waals surface area contributed by atoms with Crippen LogP contribution in [0.4, 0.5) is 5.69 Å². The van der Waals surface area contributed by atoms with Crippen molar-refractivity contribution in [3.05, 3.63) is 113 Å². The standard InChI is InChI=1S/C29H22ClN3O3S/c1-18-23(28-31-25-16-21(30)12-15-26(25)36-28)8-5-9-24(18)32-29(37)33-27(34)20-10-13-22(14-11-20)35-17-19-6-3-2-4-7-19/h2-16H,17H2,1H3,(H2,32,33,34,37). The SMILES string of the molecule is Cc1c(NC(=S)NC(=O)c2ccc(OCc3ccccc3)cc2)cccc1-c1nc2cc(Cl)ccc2o1. The van der Waals surface area contributed by atoms with Gasteiger partial charge in [-0.2, -0.15) is 0 Å². The first-order chi connectivity index (χ1) is 18.0. The van der Waals surface area contributed by atoms with Crippen molar-refractivity contribution in [2.24, 2.45) is 0 Å². The summed E-state index contributed by atoms with van der Waals surface area (Å²) in [4.78, 5) is 17.3. The molecule has 8 heteroatoms. The van der Waals surface area contributed by atoms with Gasteiger partial charge >= 0.3 is 0 Å². The van der Waals surface area contributed by atoms with Crippen molar-refractivity contribution < 1.29 is 13.9 Å². The summed E-state index contributed by atoms with van der Waals surface area (Å²) >= 11 is 11.5. The van der Waals surface area contributed by atoms with Crippen molar-refractivity contribution in [1.29, 1.82) is 0 Å². The zero-order valence-electron chi connectivity index (χ0n) is 19.8. The Hall–Kier alpha value is -4.20. The van der Waals surface area contributed by atoms with E-state index >= 15 is 0 Å². The van der Waals surface area contributed by atoms with Gasteiger partial charge in [-0.1, -0.05) is 48.0 Å². The smallest absolute Gasteiger partial charge is 0.257 e. The predicted octanol–water partition coefficient (Wildman–Crippen LogP) is 7.16. The Morgan fingerprint density at radius 2 is 1.78 bits per heavy atom. The Labute approximate surface area is 224 Å². The van der Waals surface area contributed by atoms with Crippen LogP contribution in [-0.2, 0) is 6.61 Å². The average molecular weight is 528 g/mol. The summed E-state index contributed by atoms with van der Waals surface area (Å²) in [6, 6.07) is 27.8. The van der Waals surface area contributed by atoms with Gasteiger partial charge in [0.15, 0.2) is 10.7 Å². The highest BCUT2D eigenvalue weighted by molar-refractivity contribution is 7.80. The first-order valence-corrected chi connectivity index (χ1v) is 12.3. The number of oxazole rings is 1. The summed E-state index contributed by atoms with van der Waals surface area (Å²) in [5.41, 5.74) is 5.27. The lowest BCUT2D eigenvalue weighted by Gasteiger charge is -2.13. The van der Waals surface area contributed by atoms with E-state index in [0.717, 1.165) is 22.4 Å². The number of carbonyl (C=O) groups excluding carboxylic acids is 1. The van der Waals surface area contributed by atoms with Gasteiger partial charge in [0.1, 0.15) is 17.9 Å². The summed E-state index contributed by atoms with van der Waals surface area (Å²) in [5.74, 6) is 0.828. The molecule has 0 bridgehead atoms. The molecule has 4 aromatic carbocycles. The number of amides is 1. The molecule has 0 aliphatic heterocycles. The molecule has 0 aliphatic carbocycles. The molecule has 6 nitrogen and oxygen atoms in total. The molecule has 0 saturated carbocycles. The van der Waals surface area contributed by atoms with E-state index in [0.29, 0.717) is 39.9 Å². The Bertz CT molecular complexity index is 1580. The zero-order valence-corrected chi connectivity index (χ0v) is 21.4. The summed E-state index contributed by atoms with van der Waals surface area (Å²) in [5, 5.41) is 6.59. The number of fused-ring (bicyclic) bond motifs is 1. The van der Waals surface area contributed by atoms with Crippen molar-refractivity contribution in [2.45, 2.75) is 13.5 Å². The number of rotatable bonds is 6. The van der Waals surface area contributed by atoms with Crippen LogP contribution in [0.1, 0.15) is 21.5 Å². The fourth-order valence-corrected chi connectivity index (χ4v) is 4.16. The summed E-state index contributed by atoms with van der Waals surface area (Å²) in [7, 11) is 0. The van der Waals surface area contributed by atoms with Crippen LogP contribution in [0, 0.1) is 6.92 Å². The second kappa shape index (κ2) is 10.8. The number of hydrogen-bond donors (Lipinski definition) is 2. The van der Waals surface area contributed by atoms with Gasteiger partial charge in [0, 0.05) is 21.8 Å². The molecule has 0 radical (unpaired) electrons. The van der Waals surface area contributed by atoms with Crippen molar-refractivity contribution in [3.8, 4) is 17.2 Å². The Morgan fingerprint density at radius 3 is 2.57 bits per heavy atom. The number of nitrogens with one attached hydrogen (secondary N) is 2. The highest BCUT2D eigenvalue weighted by Gasteiger charge is 2.15. The number of ether oxygens (including phenoxy) is 1. The van der Waals surface area contributed by atoms with Gasteiger partial charge in [-0.25, -0.2) is 4.98 Å². The van der Waals surface area contributed by atoms with Crippen LogP contribution < -0.4 is 15.4 Å². The first-order valence-electron chi connectivity index (χ1n) is 11.5. The fraction of sp³-hybridized carbons (Fsp3) is 0.0690. The van der Waals surface area contributed by atoms with E-state index in [4.69, 9.17) is 33.0 Å². The molecule has 0 spiro atoms. The zero-order chi connectivity index (χ0) is 25.8. The van der Waals surface area contributed by atoms with Crippen LogP contribution in [-0.4, -0.2) is 16.0 Å². The lowest BCUT2D eigenvalue weighted by atomic mass is 10.1. The number of hydrogen-bond acceptors (Lipinski definition) is 5. The van der Waals surface area contributed by atoms with E-state index in [-0.39, 0.29) is 11.0 Å². The van der Waals surface area contributed by atoms with E-state index in [1.54, 1.807) is 42.5 Å². The third-order valence-corrected chi connectivity index (χ3v) is 6.19. The first kappa shape index (κ1) is 24.5. The van der Waals surface area contributed by atoms with Crippen molar-refractivity contribution in [2.75, 3.05) is 5.32 Å². The molecule has 5 rings (SSSR count). The molecule has 184 valence electrons. The van der Waals surface area contributed by atoms with Crippen molar-refractivity contribution in [3.63, 3.8) is 0 Å². The fourth-order valence-electron chi connectivity index (χ4n) is 3.79. The van der Waals surface area contributed by atoms with E-state index in [9.17, 15) is 4.79 Å². The molecule has 0 saturated heterocycles. The van der Waals surface area contributed by atoms with Gasteiger partial charge in [0.2, 0.25) is 5.89 Å². The van der Waals surface area contributed by atoms with E-state index in [1.807, 2.05) is 55.5 Å². The number of nitrogens with zero attached hydrogens (tertiary/aromatic N) is 1. The maximum absolute atomic E-state index is 12.7. The predicted molar refractivity (Wildman–Crippen MR) is 150 cm³/mol. The number of aromatic nitrogens is 1.